The maximum atomic E-state index is 4.56. The zero-order chi connectivity index (χ0) is 12.1. The van der Waals surface area contributed by atoms with Crippen molar-refractivity contribution in [2.24, 2.45) is 5.92 Å². The zero-order valence-electron chi connectivity index (χ0n) is 10.8. The summed E-state index contributed by atoms with van der Waals surface area (Å²) < 4.78 is 4.36. The van der Waals surface area contributed by atoms with E-state index in [0.29, 0.717) is 0 Å². The minimum Gasteiger partial charge on any atom is -0.347 e. The molecule has 96 valence electrons. The topological polar surface area (TPSA) is 41.0 Å². The molecule has 2 heterocycles. The molecular formula is C12H22N4S. The van der Waals surface area contributed by atoms with Gasteiger partial charge in [0.2, 0.25) is 5.13 Å². The molecule has 1 aromatic heterocycles. The van der Waals surface area contributed by atoms with E-state index in [9.17, 15) is 0 Å². The molecule has 0 aromatic carbocycles. The Bertz CT molecular complexity index is 331. The average molecular weight is 254 g/mol. The Kier molecular flexibility index (Phi) is 4.74. The van der Waals surface area contributed by atoms with Gasteiger partial charge in [0.05, 0.1) is 0 Å². The van der Waals surface area contributed by atoms with Gasteiger partial charge in [-0.1, -0.05) is 13.8 Å². The lowest BCUT2D eigenvalue weighted by atomic mass is 9.97. The van der Waals surface area contributed by atoms with Gasteiger partial charge in [0, 0.05) is 31.0 Å². The summed E-state index contributed by atoms with van der Waals surface area (Å²) in [6.45, 7) is 8.79. The SMILES string of the molecule is CCNCC1CCN(c2nc(CC)ns2)CC1. The molecule has 2 rings (SSSR count). The molecule has 0 bridgehead atoms. The van der Waals surface area contributed by atoms with Crippen LogP contribution in [0.1, 0.15) is 32.5 Å². The molecule has 1 fully saturated rings. The first-order valence-electron chi connectivity index (χ1n) is 6.61. The normalized spacial score (nSPS) is 17.6. The highest BCUT2D eigenvalue weighted by Gasteiger charge is 2.21. The van der Waals surface area contributed by atoms with Crippen molar-refractivity contribution in [3.05, 3.63) is 5.82 Å². The number of aryl methyl sites for hydroxylation is 1. The van der Waals surface area contributed by atoms with Crippen LogP contribution in [-0.4, -0.2) is 35.5 Å². The van der Waals surface area contributed by atoms with Gasteiger partial charge in [-0.05, 0) is 31.8 Å². The third-order valence-electron chi connectivity index (χ3n) is 3.34. The summed E-state index contributed by atoms with van der Waals surface area (Å²) >= 11 is 1.55. The van der Waals surface area contributed by atoms with Crippen LogP contribution < -0.4 is 10.2 Å². The largest absolute Gasteiger partial charge is 0.347 e. The summed E-state index contributed by atoms with van der Waals surface area (Å²) in [6.07, 6.45) is 3.48. The van der Waals surface area contributed by atoms with Gasteiger partial charge < -0.3 is 10.2 Å². The van der Waals surface area contributed by atoms with Crippen LogP contribution in [0, 0.1) is 5.92 Å². The fraction of sp³-hybridized carbons (Fsp3) is 0.833. The second-order valence-electron chi connectivity index (χ2n) is 4.58. The molecule has 17 heavy (non-hydrogen) atoms. The second-order valence-corrected chi connectivity index (χ2v) is 5.32. The number of piperidine rings is 1. The van der Waals surface area contributed by atoms with Crippen molar-refractivity contribution < 1.29 is 0 Å². The van der Waals surface area contributed by atoms with E-state index in [-0.39, 0.29) is 0 Å². The molecule has 1 aliphatic rings. The number of anilines is 1. The molecule has 1 aromatic rings. The molecule has 0 unspecified atom stereocenters. The predicted molar refractivity (Wildman–Crippen MR) is 72.8 cm³/mol. The van der Waals surface area contributed by atoms with Crippen molar-refractivity contribution in [1.29, 1.82) is 0 Å². The van der Waals surface area contributed by atoms with Crippen molar-refractivity contribution in [1.82, 2.24) is 14.7 Å². The lowest BCUT2D eigenvalue weighted by Gasteiger charge is -2.31. The molecule has 0 atom stereocenters. The van der Waals surface area contributed by atoms with Crippen LogP contribution in [0.5, 0.6) is 0 Å². The Morgan fingerprint density at radius 2 is 2.12 bits per heavy atom. The molecule has 1 N–H and O–H groups in total. The van der Waals surface area contributed by atoms with Crippen LogP contribution in [-0.2, 0) is 6.42 Å². The first-order chi connectivity index (χ1) is 8.33. The molecule has 0 spiro atoms. The van der Waals surface area contributed by atoms with Gasteiger partial charge in [-0.2, -0.15) is 4.37 Å². The Morgan fingerprint density at radius 3 is 2.71 bits per heavy atom. The fourth-order valence-electron chi connectivity index (χ4n) is 2.19. The molecule has 0 amide bonds. The van der Waals surface area contributed by atoms with E-state index in [0.717, 1.165) is 42.9 Å². The van der Waals surface area contributed by atoms with Crippen molar-refractivity contribution >= 4 is 16.7 Å². The number of aromatic nitrogens is 2. The Balaban J connectivity index is 1.82. The summed E-state index contributed by atoms with van der Waals surface area (Å²) in [5.74, 6) is 1.82. The maximum absolute atomic E-state index is 4.56. The summed E-state index contributed by atoms with van der Waals surface area (Å²) in [5.41, 5.74) is 0. The lowest BCUT2D eigenvalue weighted by Crippen LogP contribution is -2.37. The summed E-state index contributed by atoms with van der Waals surface area (Å²) in [6, 6.07) is 0. The van der Waals surface area contributed by atoms with Gasteiger partial charge in [0.15, 0.2) is 0 Å². The summed E-state index contributed by atoms with van der Waals surface area (Å²) in [4.78, 5) is 6.95. The highest BCUT2D eigenvalue weighted by molar-refractivity contribution is 7.09. The monoisotopic (exact) mass is 254 g/mol. The van der Waals surface area contributed by atoms with E-state index in [1.807, 2.05) is 0 Å². The number of nitrogens with zero attached hydrogens (tertiary/aromatic N) is 3. The van der Waals surface area contributed by atoms with E-state index in [2.05, 4.69) is 33.4 Å². The van der Waals surface area contributed by atoms with Crippen molar-refractivity contribution in [3.63, 3.8) is 0 Å². The molecule has 1 saturated heterocycles. The summed E-state index contributed by atoms with van der Waals surface area (Å²) in [7, 11) is 0. The zero-order valence-corrected chi connectivity index (χ0v) is 11.6. The van der Waals surface area contributed by atoms with Gasteiger partial charge in [0.1, 0.15) is 5.82 Å². The number of rotatable bonds is 5. The van der Waals surface area contributed by atoms with Crippen molar-refractivity contribution in [2.45, 2.75) is 33.1 Å². The summed E-state index contributed by atoms with van der Waals surface area (Å²) in [5, 5.41) is 4.56. The van der Waals surface area contributed by atoms with Gasteiger partial charge in [-0.15, -0.1) is 0 Å². The quantitative estimate of drug-likeness (QED) is 0.871. The minimum atomic E-state index is 0.838. The van der Waals surface area contributed by atoms with Crippen LogP contribution in [0.2, 0.25) is 0 Å². The van der Waals surface area contributed by atoms with Gasteiger partial charge in [-0.25, -0.2) is 4.98 Å². The lowest BCUT2D eigenvalue weighted by molar-refractivity contribution is 0.386. The van der Waals surface area contributed by atoms with E-state index in [4.69, 9.17) is 0 Å². The fourth-order valence-corrected chi connectivity index (χ4v) is 2.99. The highest BCUT2D eigenvalue weighted by atomic mass is 32.1. The Morgan fingerprint density at radius 1 is 1.35 bits per heavy atom. The van der Waals surface area contributed by atoms with Crippen LogP contribution in [0.4, 0.5) is 5.13 Å². The highest BCUT2D eigenvalue weighted by Crippen LogP contribution is 2.24. The first-order valence-corrected chi connectivity index (χ1v) is 7.39. The van der Waals surface area contributed by atoms with Gasteiger partial charge in [-0.3, -0.25) is 0 Å². The predicted octanol–water partition coefficient (Wildman–Crippen LogP) is 1.93. The third-order valence-corrected chi connectivity index (χ3v) is 4.16. The molecule has 0 radical (unpaired) electrons. The van der Waals surface area contributed by atoms with Crippen LogP contribution in [0.3, 0.4) is 0 Å². The van der Waals surface area contributed by atoms with Crippen molar-refractivity contribution in [2.75, 3.05) is 31.1 Å². The number of nitrogens with one attached hydrogen (secondary N) is 1. The van der Waals surface area contributed by atoms with Gasteiger partial charge in [0.25, 0.3) is 0 Å². The maximum Gasteiger partial charge on any atom is 0.205 e. The molecule has 4 nitrogen and oxygen atoms in total. The van der Waals surface area contributed by atoms with Crippen LogP contribution in [0.15, 0.2) is 0 Å². The van der Waals surface area contributed by atoms with Crippen LogP contribution in [0.25, 0.3) is 0 Å². The van der Waals surface area contributed by atoms with E-state index < -0.39 is 0 Å². The number of hydrogen-bond donors (Lipinski definition) is 1. The standard InChI is InChI=1S/C12H22N4S/c1-3-11-14-12(17-15-11)16-7-5-10(6-8-16)9-13-4-2/h10,13H,3-9H2,1-2H3. The Hall–Kier alpha value is -0.680. The van der Waals surface area contributed by atoms with Crippen molar-refractivity contribution in [3.8, 4) is 0 Å². The molecule has 1 aliphatic heterocycles. The Labute approximate surface area is 108 Å². The molecular weight excluding hydrogens is 232 g/mol. The molecule has 0 aliphatic carbocycles. The van der Waals surface area contributed by atoms with Crippen LogP contribution >= 0.6 is 11.5 Å². The van der Waals surface area contributed by atoms with E-state index in [1.54, 1.807) is 11.5 Å². The third kappa shape index (κ3) is 3.39. The van der Waals surface area contributed by atoms with Gasteiger partial charge >= 0.3 is 0 Å². The number of hydrogen-bond acceptors (Lipinski definition) is 5. The van der Waals surface area contributed by atoms with E-state index >= 15 is 0 Å². The molecule has 0 saturated carbocycles. The average Bonchev–Trinajstić information content (AvgIpc) is 2.86. The first kappa shape index (κ1) is 12.8. The smallest absolute Gasteiger partial charge is 0.205 e. The van der Waals surface area contributed by atoms with E-state index in [1.165, 1.54) is 19.4 Å². The molecule has 5 heteroatoms. The second kappa shape index (κ2) is 6.31. The minimum absolute atomic E-state index is 0.838.